The summed E-state index contributed by atoms with van der Waals surface area (Å²) in [6.45, 7) is 0.371. The molecule has 0 bridgehead atoms. The van der Waals surface area contributed by atoms with Crippen molar-refractivity contribution in [1.82, 2.24) is 4.98 Å². The van der Waals surface area contributed by atoms with Crippen molar-refractivity contribution < 1.29 is 9.90 Å². The zero-order valence-corrected chi connectivity index (χ0v) is 13.5. The van der Waals surface area contributed by atoms with Gasteiger partial charge >= 0.3 is 5.97 Å². The molecule has 0 spiro atoms. The van der Waals surface area contributed by atoms with E-state index in [4.69, 9.17) is 5.11 Å². The molecule has 0 aliphatic carbocycles. The lowest BCUT2D eigenvalue weighted by molar-refractivity contribution is 0.0695. The Bertz CT molecular complexity index is 619. The average Bonchev–Trinajstić information content (AvgIpc) is 2.40. The topological polar surface area (TPSA) is 62.2 Å². The first-order chi connectivity index (χ1) is 9.08. The molecule has 19 heavy (non-hydrogen) atoms. The Labute approximate surface area is 132 Å². The predicted octanol–water partition coefficient (Wildman–Crippen LogP) is 3.76. The third-order valence-corrected chi connectivity index (χ3v) is 4.84. The first kappa shape index (κ1) is 14.3. The standard InChI is InChI=1S/C13H10BrIN2O2/c14-10-6-8(3-4-11(10)15)17-7-12-9(13(18)19)2-1-5-16-12/h1-6,17H,7H2,(H,18,19). The SMILES string of the molecule is O=C(O)c1cccnc1CNc1ccc(I)c(Br)c1. The summed E-state index contributed by atoms with van der Waals surface area (Å²) in [5.74, 6) is -0.964. The van der Waals surface area contributed by atoms with Gasteiger partial charge in [0.1, 0.15) is 0 Å². The monoisotopic (exact) mass is 432 g/mol. The number of carbonyl (C=O) groups is 1. The number of benzene rings is 1. The second-order valence-electron chi connectivity index (χ2n) is 3.79. The highest BCUT2D eigenvalue weighted by Crippen LogP contribution is 2.23. The zero-order chi connectivity index (χ0) is 13.8. The van der Waals surface area contributed by atoms with Crippen LogP contribution < -0.4 is 5.32 Å². The molecule has 98 valence electrons. The van der Waals surface area contributed by atoms with E-state index in [0.29, 0.717) is 12.2 Å². The first-order valence-corrected chi connectivity index (χ1v) is 7.31. The molecule has 0 aliphatic heterocycles. The van der Waals surface area contributed by atoms with Crippen LogP contribution in [-0.2, 0) is 6.54 Å². The number of hydrogen-bond acceptors (Lipinski definition) is 3. The maximum absolute atomic E-state index is 11.1. The van der Waals surface area contributed by atoms with E-state index in [1.165, 1.54) is 0 Å². The summed E-state index contributed by atoms with van der Waals surface area (Å²) in [4.78, 5) is 15.2. The van der Waals surface area contributed by atoms with Gasteiger partial charge in [0.25, 0.3) is 0 Å². The van der Waals surface area contributed by atoms with Crippen molar-refractivity contribution in [2.45, 2.75) is 6.54 Å². The molecule has 0 atom stereocenters. The van der Waals surface area contributed by atoms with Crippen LogP contribution >= 0.6 is 38.5 Å². The van der Waals surface area contributed by atoms with Crippen molar-refractivity contribution in [2.75, 3.05) is 5.32 Å². The molecular weight excluding hydrogens is 423 g/mol. The molecule has 0 radical (unpaired) electrons. The Morgan fingerprint density at radius 3 is 2.89 bits per heavy atom. The molecule has 0 fully saturated rings. The summed E-state index contributed by atoms with van der Waals surface area (Å²) in [6, 6.07) is 9.04. The van der Waals surface area contributed by atoms with Crippen molar-refractivity contribution >= 4 is 50.2 Å². The van der Waals surface area contributed by atoms with Crippen molar-refractivity contribution in [3.05, 3.63) is 55.8 Å². The molecule has 1 heterocycles. The smallest absolute Gasteiger partial charge is 0.337 e. The molecule has 2 aromatic rings. The zero-order valence-electron chi connectivity index (χ0n) is 9.73. The number of rotatable bonds is 4. The van der Waals surface area contributed by atoms with Gasteiger partial charge in [0.2, 0.25) is 0 Å². The molecular formula is C13H10BrIN2O2. The third kappa shape index (κ3) is 3.66. The Hall–Kier alpha value is -1.15. The van der Waals surface area contributed by atoms with E-state index < -0.39 is 5.97 Å². The van der Waals surface area contributed by atoms with Gasteiger partial charge in [0.15, 0.2) is 0 Å². The minimum atomic E-state index is -0.964. The summed E-state index contributed by atoms with van der Waals surface area (Å²) in [5, 5.41) is 12.2. The van der Waals surface area contributed by atoms with Crippen LogP contribution in [0.5, 0.6) is 0 Å². The number of aromatic nitrogens is 1. The van der Waals surface area contributed by atoms with E-state index in [2.05, 4.69) is 48.8 Å². The van der Waals surface area contributed by atoms with Crippen molar-refractivity contribution in [3.63, 3.8) is 0 Å². The Morgan fingerprint density at radius 2 is 2.21 bits per heavy atom. The van der Waals surface area contributed by atoms with Crippen LogP contribution in [0.1, 0.15) is 16.1 Å². The summed E-state index contributed by atoms with van der Waals surface area (Å²) < 4.78 is 2.12. The summed E-state index contributed by atoms with van der Waals surface area (Å²) >= 11 is 5.68. The number of halogens is 2. The maximum atomic E-state index is 11.1. The average molecular weight is 433 g/mol. The van der Waals surface area contributed by atoms with Crippen LogP contribution in [0.3, 0.4) is 0 Å². The number of hydrogen-bond donors (Lipinski definition) is 2. The molecule has 6 heteroatoms. The molecule has 0 saturated carbocycles. The van der Waals surface area contributed by atoms with Gasteiger partial charge in [0, 0.05) is 19.9 Å². The summed E-state index contributed by atoms with van der Waals surface area (Å²) in [6.07, 6.45) is 1.59. The molecule has 2 rings (SSSR count). The van der Waals surface area contributed by atoms with Gasteiger partial charge in [-0.2, -0.15) is 0 Å². The van der Waals surface area contributed by atoms with Crippen molar-refractivity contribution in [1.29, 1.82) is 0 Å². The highest BCUT2D eigenvalue weighted by Gasteiger charge is 2.10. The van der Waals surface area contributed by atoms with Gasteiger partial charge in [-0.15, -0.1) is 0 Å². The first-order valence-electron chi connectivity index (χ1n) is 5.44. The van der Waals surface area contributed by atoms with Crippen molar-refractivity contribution in [2.24, 2.45) is 0 Å². The van der Waals surface area contributed by atoms with Gasteiger partial charge in [-0.05, 0) is 68.9 Å². The highest BCUT2D eigenvalue weighted by atomic mass is 127. The van der Waals surface area contributed by atoms with E-state index in [1.54, 1.807) is 18.3 Å². The van der Waals surface area contributed by atoms with Gasteiger partial charge in [-0.3, -0.25) is 4.98 Å². The highest BCUT2D eigenvalue weighted by molar-refractivity contribution is 14.1. The van der Waals surface area contributed by atoms with Crippen LogP contribution in [0.2, 0.25) is 0 Å². The number of nitrogens with one attached hydrogen (secondary N) is 1. The Balaban J connectivity index is 2.14. The molecule has 0 aliphatic rings. The number of aromatic carboxylic acids is 1. The lowest BCUT2D eigenvalue weighted by Gasteiger charge is -2.09. The minimum absolute atomic E-state index is 0.222. The molecule has 1 aromatic carbocycles. The number of pyridine rings is 1. The van der Waals surface area contributed by atoms with Crippen LogP contribution in [-0.4, -0.2) is 16.1 Å². The lowest BCUT2D eigenvalue weighted by Crippen LogP contribution is -2.09. The Morgan fingerprint density at radius 1 is 1.42 bits per heavy atom. The predicted molar refractivity (Wildman–Crippen MR) is 85.4 cm³/mol. The van der Waals surface area contributed by atoms with E-state index in [1.807, 2.05) is 18.2 Å². The fourth-order valence-electron chi connectivity index (χ4n) is 1.57. The number of carboxylic acid groups (broad SMARTS) is 1. The molecule has 0 unspecified atom stereocenters. The number of anilines is 1. The van der Waals surface area contributed by atoms with Gasteiger partial charge in [-0.1, -0.05) is 0 Å². The van der Waals surface area contributed by atoms with E-state index in [-0.39, 0.29) is 5.56 Å². The van der Waals surface area contributed by atoms with Gasteiger partial charge in [0.05, 0.1) is 17.8 Å². The van der Waals surface area contributed by atoms with E-state index >= 15 is 0 Å². The van der Waals surface area contributed by atoms with Gasteiger partial charge < -0.3 is 10.4 Å². The molecule has 0 saturated heterocycles. The minimum Gasteiger partial charge on any atom is -0.478 e. The number of carboxylic acids is 1. The fourth-order valence-corrected chi connectivity index (χ4v) is 2.28. The van der Waals surface area contributed by atoms with E-state index in [0.717, 1.165) is 13.7 Å². The Kier molecular flexibility index (Phi) is 4.76. The quantitative estimate of drug-likeness (QED) is 0.722. The van der Waals surface area contributed by atoms with Crippen LogP contribution in [0, 0.1) is 3.57 Å². The maximum Gasteiger partial charge on any atom is 0.337 e. The largest absolute Gasteiger partial charge is 0.478 e. The van der Waals surface area contributed by atoms with E-state index in [9.17, 15) is 4.79 Å². The molecule has 2 N–H and O–H groups in total. The second kappa shape index (κ2) is 6.33. The number of nitrogens with zero attached hydrogens (tertiary/aromatic N) is 1. The second-order valence-corrected chi connectivity index (χ2v) is 5.80. The van der Waals surface area contributed by atoms with Crippen LogP contribution in [0.25, 0.3) is 0 Å². The molecule has 1 aromatic heterocycles. The lowest BCUT2D eigenvalue weighted by atomic mass is 10.2. The van der Waals surface area contributed by atoms with Crippen LogP contribution in [0.15, 0.2) is 41.0 Å². The normalized spacial score (nSPS) is 10.2. The fraction of sp³-hybridized carbons (Fsp3) is 0.0769. The molecule has 4 nitrogen and oxygen atoms in total. The van der Waals surface area contributed by atoms with Crippen molar-refractivity contribution in [3.8, 4) is 0 Å². The van der Waals surface area contributed by atoms with Crippen LogP contribution in [0.4, 0.5) is 5.69 Å². The summed E-state index contributed by atoms with van der Waals surface area (Å²) in [7, 11) is 0. The summed E-state index contributed by atoms with van der Waals surface area (Å²) in [5.41, 5.74) is 1.65. The molecule has 0 amide bonds. The van der Waals surface area contributed by atoms with Gasteiger partial charge in [-0.25, -0.2) is 4.79 Å². The third-order valence-electron chi connectivity index (χ3n) is 2.50.